The standard InChI is InChI=1S/C10H12N2O4/c13-7-1-2-12(5-7)10(16)6-3-8(14)11-9(15)4-6/h3-4,7,13H,1-2,5H2,(H2,11,14,15)/t7-/m0/s1. The molecule has 0 spiro atoms. The number of β-amino-alcohol motifs (C(OH)–C–C–N with tert-alkyl or cyclic N) is 1. The molecule has 2 heterocycles. The molecule has 0 unspecified atom stereocenters. The van der Waals surface area contributed by atoms with Crippen LogP contribution in [0.15, 0.2) is 16.9 Å². The summed E-state index contributed by atoms with van der Waals surface area (Å²) in [4.78, 5) is 26.5. The average molecular weight is 224 g/mol. The maximum atomic E-state index is 11.8. The van der Waals surface area contributed by atoms with Gasteiger partial charge >= 0.3 is 0 Å². The zero-order valence-electron chi connectivity index (χ0n) is 8.51. The molecule has 0 aromatic carbocycles. The van der Waals surface area contributed by atoms with E-state index in [2.05, 4.69) is 4.98 Å². The first kappa shape index (κ1) is 10.7. The number of H-pyrrole nitrogens is 1. The maximum absolute atomic E-state index is 11.8. The van der Waals surface area contributed by atoms with Crippen LogP contribution in [0.3, 0.4) is 0 Å². The molecule has 1 saturated heterocycles. The van der Waals surface area contributed by atoms with Gasteiger partial charge in [0, 0.05) is 25.2 Å². The number of pyridine rings is 1. The van der Waals surface area contributed by atoms with Gasteiger partial charge in [-0.2, -0.15) is 0 Å². The first-order chi connectivity index (χ1) is 7.56. The molecule has 2 rings (SSSR count). The number of carbonyl (C=O) groups is 1. The monoisotopic (exact) mass is 224 g/mol. The van der Waals surface area contributed by atoms with Crippen LogP contribution in [-0.4, -0.2) is 45.2 Å². The number of hydrogen-bond donors (Lipinski definition) is 3. The molecule has 0 radical (unpaired) electrons. The number of nitrogens with zero attached hydrogens (tertiary/aromatic N) is 1. The van der Waals surface area contributed by atoms with Crippen LogP contribution in [0.4, 0.5) is 0 Å². The van der Waals surface area contributed by atoms with Gasteiger partial charge in [-0.25, -0.2) is 0 Å². The predicted molar refractivity (Wildman–Crippen MR) is 55.3 cm³/mol. The van der Waals surface area contributed by atoms with E-state index < -0.39 is 11.7 Å². The van der Waals surface area contributed by atoms with Crippen molar-refractivity contribution >= 4 is 5.91 Å². The molecule has 1 aromatic rings. The number of aromatic amines is 1. The fourth-order valence-corrected chi connectivity index (χ4v) is 1.76. The molecule has 0 saturated carbocycles. The second-order valence-corrected chi connectivity index (χ2v) is 3.81. The molecule has 1 aromatic heterocycles. The van der Waals surface area contributed by atoms with Crippen molar-refractivity contribution in [1.82, 2.24) is 9.88 Å². The summed E-state index contributed by atoms with van der Waals surface area (Å²) < 4.78 is 0. The highest BCUT2D eigenvalue weighted by Crippen LogP contribution is 2.14. The summed E-state index contributed by atoms with van der Waals surface area (Å²) in [6.07, 6.45) is 0.0421. The minimum Gasteiger partial charge on any atom is -0.494 e. The lowest BCUT2D eigenvalue weighted by Gasteiger charge is -2.15. The molecule has 0 aliphatic carbocycles. The van der Waals surface area contributed by atoms with Crippen molar-refractivity contribution in [2.45, 2.75) is 12.5 Å². The zero-order valence-corrected chi connectivity index (χ0v) is 8.51. The number of aliphatic hydroxyl groups excluding tert-OH is 1. The zero-order chi connectivity index (χ0) is 11.7. The Kier molecular flexibility index (Phi) is 2.66. The van der Waals surface area contributed by atoms with E-state index in [4.69, 9.17) is 5.11 Å². The molecular weight excluding hydrogens is 212 g/mol. The Morgan fingerprint density at radius 3 is 2.81 bits per heavy atom. The van der Waals surface area contributed by atoms with E-state index in [9.17, 15) is 14.7 Å². The molecule has 6 heteroatoms. The van der Waals surface area contributed by atoms with Gasteiger partial charge < -0.3 is 15.1 Å². The minimum absolute atomic E-state index is 0.135. The fourth-order valence-electron chi connectivity index (χ4n) is 1.76. The Morgan fingerprint density at radius 2 is 2.25 bits per heavy atom. The van der Waals surface area contributed by atoms with Gasteiger partial charge in [0.15, 0.2) is 5.88 Å². The van der Waals surface area contributed by atoms with Crippen LogP contribution < -0.4 is 5.56 Å². The van der Waals surface area contributed by atoms with Crippen LogP contribution in [0, 0.1) is 0 Å². The van der Waals surface area contributed by atoms with Gasteiger partial charge in [-0.15, -0.1) is 0 Å². The summed E-state index contributed by atoms with van der Waals surface area (Å²) >= 11 is 0. The van der Waals surface area contributed by atoms with Crippen LogP contribution in [0.2, 0.25) is 0 Å². The van der Waals surface area contributed by atoms with Gasteiger partial charge in [-0.05, 0) is 6.42 Å². The molecule has 1 aliphatic heterocycles. The van der Waals surface area contributed by atoms with Crippen LogP contribution in [0.5, 0.6) is 5.88 Å². The fraction of sp³-hybridized carbons (Fsp3) is 0.400. The summed E-state index contributed by atoms with van der Waals surface area (Å²) in [5.74, 6) is -0.687. The summed E-state index contributed by atoms with van der Waals surface area (Å²) in [7, 11) is 0. The third-order valence-electron chi connectivity index (χ3n) is 2.53. The number of likely N-dealkylation sites (tertiary alicyclic amines) is 1. The number of nitrogens with one attached hydrogen (secondary N) is 1. The van der Waals surface area contributed by atoms with Crippen molar-refractivity contribution < 1.29 is 15.0 Å². The van der Waals surface area contributed by atoms with Gasteiger partial charge in [0.1, 0.15) is 0 Å². The number of aromatic nitrogens is 1. The maximum Gasteiger partial charge on any atom is 0.254 e. The normalized spacial score (nSPS) is 20.1. The van der Waals surface area contributed by atoms with Crippen LogP contribution >= 0.6 is 0 Å². The van der Waals surface area contributed by atoms with E-state index >= 15 is 0 Å². The molecule has 0 bridgehead atoms. The Bertz CT molecular complexity index is 468. The number of aromatic hydroxyl groups is 1. The summed E-state index contributed by atoms with van der Waals surface area (Å²) in [6, 6.07) is 2.33. The summed E-state index contributed by atoms with van der Waals surface area (Å²) in [5, 5.41) is 18.5. The Labute approximate surface area is 91.1 Å². The molecule has 1 atom stereocenters. The quantitative estimate of drug-likeness (QED) is 0.587. The topological polar surface area (TPSA) is 93.6 Å². The van der Waals surface area contributed by atoms with Crippen LogP contribution in [0.1, 0.15) is 16.8 Å². The highest BCUT2D eigenvalue weighted by molar-refractivity contribution is 5.94. The van der Waals surface area contributed by atoms with Crippen molar-refractivity contribution in [2.75, 3.05) is 13.1 Å². The van der Waals surface area contributed by atoms with Gasteiger partial charge in [0.25, 0.3) is 11.5 Å². The Balaban J connectivity index is 2.24. The van der Waals surface area contributed by atoms with Crippen molar-refractivity contribution in [1.29, 1.82) is 0 Å². The van der Waals surface area contributed by atoms with E-state index in [1.807, 2.05) is 0 Å². The van der Waals surface area contributed by atoms with Crippen LogP contribution in [0.25, 0.3) is 0 Å². The third-order valence-corrected chi connectivity index (χ3v) is 2.53. The highest BCUT2D eigenvalue weighted by atomic mass is 16.3. The molecule has 1 fully saturated rings. The van der Waals surface area contributed by atoms with E-state index in [-0.39, 0.29) is 23.9 Å². The highest BCUT2D eigenvalue weighted by Gasteiger charge is 2.25. The second kappa shape index (κ2) is 3.97. The first-order valence-corrected chi connectivity index (χ1v) is 4.97. The lowest BCUT2D eigenvalue weighted by molar-refractivity contribution is 0.0764. The number of carbonyl (C=O) groups excluding carboxylic acids is 1. The van der Waals surface area contributed by atoms with E-state index in [1.165, 1.54) is 11.0 Å². The van der Waals surface area contributed by atoms with Gasteiger partial charge in [0.05, 0.1) is 11.7 Å². The first-order valence-electron chi connectivity index (χ1n) is 4.97. The molecule has 3 N–H and O–H groups in total. The number of rotatable bonds is 1. The van der Waals surface area contributed by atoms with Gasteiger partial charge in [0.2, 0.25) is 0 Å². The second-order valence-electron chi connectivity index (χ2n) is 3.81. The molecule has 1 aliphatic rings. The van der Waals surface area contributed by atoms with Crippen molar-refractivity contribution in [2.24, 2.45) is 0 Å². The number of amides is 1. The molecule has 6 nitrogen and oxygen atoms in total. The van der Waals surface area contributed by atoms with Gasteiger partial charge in [-0.3, -0.25) is 14.6 Å². The summed E-state index contributed by atoms with van der Waals surface area (Å²) in [5.41, 5.74) is -0.390. The van der Waals surface area contributed by atoms with E-state index in [1.54, 1.807) is 0 Å². The van der Waals surface area contributed by atoms with Crippen molar-refractivity contribution in [3.63, 3.8) is 0 Å². The van der Waals surface area contributed by atoms with Gasteiger partial charge in [-0.1, -0.05) is 0 Å². The molecular formula is C10H12N2O4. The number of hydrogen-bond acceptors (Lipinski definition) is 4. The third kappa shape index (κ3) is 2.06. The van der Waals surface area contributed by atoms with E-state index in [0.29, 0.717) is 13.0 Å². The van der Waals surface area contributed by atoms with Crippen molar-refractivity contribution in [3.05, 3.63) is 28.0 Å². The largest absolute Gasteiger partial charge is 0.494 e. The minimum atomic E-state index is -0.525. The molecule has 1 amide bonds. The average Bonchev–Trinajstić information content (AvgIpc) is 2.62. The van der Waals surface area contributed by atoms with Crippen molar-refractivity contribution in [3.8, 4) is 5.88 Å². The lowest BCUT2D eigenvalue weighted by atomic mass is 10.2. The molecule has 16 heavy (non-hydrogen) atoms. The lowest BCUT2D eigenvalue weighted by Crippen LogP contribution is -2.30. The predicted octanol–water partition coefficient (Wildman–Crippen LogP) is -0.713. The molecule has 86 valence electrons. The number of aliphatic hydroxyl groups is 1. The smallest absolute Gasteiger partial charge is 0.254 e. The van der Waals surface area contributed by atoms with Crippen LogP contribution in [-0.2, 0) is 0 Å². The summed E-state index contributed by atoms with van der Waals surface area (Å²) in [6.45, 7) is 0.736. The SMILES string of the molecule is O=C(c1cc(O)[nH]c(=O)c1)N1CC[C@H](O)C1. The Hall–Kier alpha value is -1.82. The Morgan fingerprint density at radius 1 is 1.50 bits per heavy atom. The van der Waals surface area contributed by atoms with E-state index in [0.717, 1.165) is 6.07 Å².